The lowest BCUT2D eigenvalue weighted by atomic mass is 9.86. The zero-order valence-electron chi connectivity index (χ0n) is 12.9. The Bertz CT molecular complexity index is 460. The highest BCUT2D eigenvalue weighted by Gasteiger charge is 2.32. The van der Waals surface area contributed by atoms with Crippen LogP contribution in [0.15, 0.2) is 18.5 Å². The SMILES string of the molecule is CCC(C)(CN)C(=O)NC1CCCN(c2ncccn2)C1. The van der Waals surface area contributed by atoms with Gasteiger partial charge in [-0.15, -0.1) is 0 Å². The standard InChI is InChI=1S/C15H25N5O/c1-3-15(2,11-16)13(21)19-12-6-4-9-20(10-12)14-17-7-5-8-18-14/h5,7-8,12H,3-4,6,9-11,16H2,1-2H3,(H,19,21). The largest absolute Gasteiger partial charge is 0.351 e. The molecule has 2 unspecified atom stereocenters. The first-order valence-corrected chi connectivity index (χ1v) is 7.62. The maximum atomic E-state index is 12.4. The summed E-state index contributed by atoms with van der Waals surface area (Å²) in [5.74, 6) is 0.779. The summed E-state index contributed by atoms with van der Waals surface area (Å²) in [5.41, 5.74) is 5.27. The molecule has 6 heteroatoms. The van der Waals surface area contributed by atoms with Crippen LogP contribution < -0.4 is 16.0 Å². The highest BCUT2D eigenvalue weighted by molar-refractivity contribution is 5.82. The van der Waals surface area contributed by atoms with E-state index in [9.17, 15) is 4.79 Å². The number of rotatable bonds is 5. The summed E-state index contributed by atoms with van der Waals surface area (Å²) in [6, 6.07) is 1.94. The van der Waals surface area contributed by atoms with Gasteiger partial charge in [0.1, 0.15) is 0 Å². The number of nitrogens with two attached hydrogens (primary N) is 1. The molecule has 0 aliphatic carbocycles. The summed E-state index contributed by atoms with van der Waals surface area (Å²) >= 11 is 0. The number of amides is 1. The minimum Gasteiger partial charge on any atom is -0.351 e. The van der Waals surface area contributed by atoms with Crippen LogP contribution in [-0.4, -0.2) is 41.6 Å². The van der Waals surface area contributed by atoms with E-state index in [1.165, 1.54) is 0 Å². The van der Waals surface area contributed by atoms with Crippen LogP contribution in [0.2, 0.25) is 0 Å². The Balaban J connectivity index is 1.97. The van der Waals surface area contributed by atoms with E-state index in [1.807, 2.05) is 13.8 Å². The predicted molar refractivity (Wildman–Crippen MR) is 82.9 cm³/mol. The van der Waals surface area contributed by atoms with Crippen molar-refractivity contribution in [3.63, 3.8) is 0 Å². The fraction of sp³-hybridized carbons (Fsp3) is 0.667. The molecule has 21 heavy (non-hydrogen) atoms. The molecule has 6 nitrogen and oxygen atoms in total. The average molecular weight is 291 g/mol. The van der Waals surface area contributed by atoms with E-state index in [4.69, 9.17) is 5.73 Å². The van der Waals surface area contributed by atoms with Gasteiger partial charge in [0.05, 0.1) is 5.41 Å². The second-order valence-electron chi connectivity index (χ2n) is 5.93. The highest BCUT2D eigenvalue weighted by atomic mass is 16.2. The first kappa shape index (κ1) is 15.7. The third-order valence-electron chi connectivity index (χ3n) is 4.37. The van der Waals surface area contributed by atoms with Gasteiger partial charge < -0.3 is 16.0 Å². The molecule has 0 spiro atoms. The predicted octanol–water partition coefficient (Wildman–Crippen LogP) is 0.937. The van der Waals surface area contributed by atoms with E-state index < -0.39 is 5.41 Å². The van der Waals surface area contributed by atoms with E-state index in [0.717, 1.165) is 38.3 Å². The molecule has 116 valence electrons. The van der Waals surface area contributed by atoms with E-state index in [-0.39, 0.29) is 11.9 Å². The topological polar surface area (TPSA) is 84.1 Å². The van der Waals surface area contributed by atoms with Crippen LogP contribution >= 0.6 is 0 Å². The first-order valence-electron chi connectivity index (χ1n) is 7.62. The highest BCUT2D eigenvalue weighted by Crippen LogP contribution is 2.21. The Kier molecular flexibility index (Phi) is 5.12. The van der Waals surface area contributed by atoms with Crippen molar-refractivity contribution in [3.8, 4) is 0 Å². The van der Waals surface area contributed by atoms with Gasteiger partial charge >= 0.3 is 0 Å². The Morgan fingerprint density at radius 1 is 1.52 bits per heavy atom. The number of hydrogen-bond acceptors (Lipinski definition) is 5. The third kappa shape index (κ3) is 3.69. The van der Waals surface area contributed by atoms with Crippen molar-refractivity contribution >= 4 is 11.9 Å². The van der Waals surface area contributed by atoms with Gasteiger partial charge in [-0.1, -0.05) is 6.92 Å². The quantitative estimate of drug-likeness (QED) is 0.843. The van der Waals surface area contributed by atoms with Crippen LogP contribution in [-0.2, 0) is 4.79 Å². The molecule has 1 aromatic rings. The summed E-state index contributed by atoms with van der Waals surface area (Å²) in [7, 11) is 0. The summed E-state index contributed by atoms with van der Waals surface area (Å²) in [6.07, 6.45) is 6.24. The van der Waals surface area contributed by atoms with Crippen molar-refractivity contribution in [2.24, 2.45) is 11.1 Å². The summed E-state index contributed by atoms with van der Waals surface area (Å²) in [4.78, 5) is 23.1. The third-order valence-corrected chi connectivity index (χ3v) is 4.37. The second kappa shape index (κ2) is 6.85. The molecule has 3 N–H and O–H groups in total. The van der Waals surface area contributed by atoms with E-state index >= 15 is 0 Å². The fourth-order valence-electron chi connectivity index (χ4n) is 2.49. The zero-order chi connectivity index (χ0) is 15.3. The minimum atomic E-state index is -0.481. The number of aromatic nitrogens is 2. The molecule has 0 bridgehead atoms. The molecule has 1 fully saturated rings. The Hall–Kier alpha value is -1.69. The number of nitrogens with one attached hydrogen (secondary N) is 1. The van der Waals surface area contributed by atoms with Gasteiger partial charge in [-0.2, -0.15) is 0 Å². The molecule has 2 rings (SSSR count). The molecule has 1 aliphatic rings. The van der Waals surface area contributed by atoms with Gasteiger partial charge in [0.2, 0.25) is 11.9 Å². The molecule has 0 radical (unpaired) electrons. The van der Waals surface area contributed by atoms with Crippen LogP contribution in [0, 0.1) is 5.41 Å². The van der Waals surface area contributed by atoms with Crippen LogP contribution in [0.3, 0.4) is 0 Å². The maximum Gasteiger partial charge on any atom is 0.227 e. The van der Waals surface area contributed by atoms with Crippen LogP contribution in [0.5, 0.6) is 0 Å². The number of carbonyl (C=O) groups excluding carboxylic acids is 1. The Morgan fingerprint density at radius 3 is 2.86 bits per heavy atom. The van der Waals surface area contributed by atoms with Gasteiger partial charge in [-0.05, 0) is 32.3 Å². The lowest BCUT2D eigenvalue weighted by molar-refractivity contribution is -0.130. The van der Waals surface area contributed by atoms with Crippen LogP contribution in [0.4, 0.5) is 5.95 Å². The van der Waals surface area contributed by atoms with Gasteiger partial charge in [0.25, 0.3) is 0 Å². The second-order valence-corrected chi connectivity index (χ2v) is 5.93. The van der Waals surface area contributed by atoms with Crippen LogP contribution in [0.25, 0.3) is 0 Å². The number of hydrogen-bond donors (Lipinski definition) is 2. The number of carbonyl (C=O) groups is 1. The summed E-state index contributed by atoms with van der Waals surface area (Å²) in [6.45, 7) is 5.96. The van der Waals surface area contributed by atoms with Crippen molar-refractivity contribution in [1.82, 2.24) is 15.3 Å². The molecule has 2 atom stereocenters. The van der Waals surface area contributed by atoms with E-state index in [0.29, 0.717) is 6.54 Å². The molecule has 0 aromatic carbocycles. The van der Waals surface area contributed by atoms with Gasteiger partial charge in [-0.3, -0.25) is 4.79 Å². The lowest BCUT2D eigenvalue weighted by Crippen LogP contribution is -2.53. The molecule has 1 saturated heterocycles. The monoisotopic (exact) mass is 291 g/mol. The number of nitrogens with zero attached hydrogens (tertiary/aromatic N) is 3. The molecule has 1 amide bonds. The number of piperidine rings is 1. The van der Waals surface area contributed by atoms with Gasteiger partial charge in [0, 0.05) is 38.1 Å². The van der Waals surface area contributed by atoms with Crippen LogP contribution in [0.1, 0.15) is 33.1 Å². The van der Waals surface area contributed by atoms with Crippen molar-refractivity contribution in [2.45, 2.75) is 39.2 Å². The maximum absolute atomic E-state index is 12.4. The van der Waals surface area contributed by atoms with Crippen molar-refractivity contribution in [2.75, 3.05) is 24.5 Å². The van der Waals surface area contributed by atoms with Gasteiger partial charge in [0.15, 0.2) is 0 Å². The van der Waals surface area contributed by atoms with Gasteiger partial charge in [-0.25, -0.2) is 9.97 Å². The smallest absolute Gasteiger partial charge is 0.227 e. The molecule has 2 heterocycles. The Labute approximate surface area is 126 Å². The first-order chi connectivity index (χ1) is 10.1. The molecular weight excluding hydrogens is 266 g/mol. The van der Waals surface area contributed by atoms with Crippen molar-refractivity contribution in [1.29, 1.82) is 0 Å². The Morgan fingerprint density at radius 2 is 2.24 bits per heavy atom. The molecule has 0 saturated carbocycles. The minimum absolute atomic E-state index is 0.0494. The zero-order valence-corrected chi connectivity index (χ0v) is 12.9. The fourth-order valence-corrected chi connectivity index (χ4v) is 2.49. The molecular formula is C15H25N5O. The van der Waals surface area contributed by atoms with Crippen molar-refractivity contribution in [3.05, 3.63) is 18.5 Å². The summed E-state index contributed by atoms with van der Waals surface area (Å²) in [5, 5.41) is 3.14. The molecule has 1 aromatic heterocycles. The number of anilines is 1. The van der Waals surface area contributed by atoms with E-state index in [1.54, 1.807) is 18.5 Å². The molecule has 1 aliphatic heterocycles. The summed E-state index contributed by atoms with van der Waals surface area (Å²) < 4.78 is 0. The lowest BCUT2D eigenvalue weighted by Gasteiger charge is -2.35. The normalized spacial score (nSPS) is 21.7. The van der Waals surface area contributed by atoms with Crippen molar-refractivity contribution < 1.29 is 4.79 Å². The van der Waals surface area contributed by atoms with E-state index in [2.05, 4.69) is 20.2 Å². The average Bonchev–Trinajstić information content (AvgIpc) is 2.55.